The van der Waals surface area contributed by atoms with Crippen molar-refractivity contribution in [3.63, 3.8) is 0 Å². The summed E-state index contributed by atoms with van der Waals surface area (Å²) in [5, 5.41) is 6.35. The van der Waals surface area contributed by atoms with Crippen LogP contribution in [-0.2, 0) is 6.42 Å². The molecule has 1 aromatic rings. The number of furan rings is 1. The summed E-state index contributed by atoms with van der Waals surface area (Å²) < 4.78 is 17.3. The van der Waals surface area contributed by atoms with Gasteiger partial charge in [-0.2, -0.15) is 0 Å². The molecule has 1 heterocycles. The Balaban J connectivity index is 0.00000361. The van der Waals surface area contributed by atoms with Crippen LogP contribution in [0.5, 0.6) is 0 Å². The molecule has 6 heteroatoms. The van der Waals surface area contributed by atoms with Gasteiger partial charge in [0.25, 0.3) is 0 Å². The minimum atomic E-state index is -0.309. The Bertz CT molecular complexity index is 355. The highest BCUT2D eigenvalue weighted by Gasteiger charge is 2.01. The minimum absolute atomic E-state index is 0. The first kappa shape index (κ1) is 19.2. The summed E-state index contributed by atoms with van der Waals surface area (Å²) in [7, 11) is 0. The van der Waals surface area contributed by atoms with Crippen LogP contribution in [0.3, 0.4) is 0 Å². The van der Waals surface area contributed by atoms with Gasteiger partial charge in [-0.05, 0) is 24.5 Å². The molecule has 0 saturated heterocycles. The molecule has 0 aliphatic rings. The third-order valence-electron chi connectivity index (χ3n) is 2.46. The number of hydrogen-bond donors (Lipinski definition) is 2. The first-order valence-corrected chi connectivity index (χ1v) is 6.83. The molecule has 116 valence electrons. The monoisotopic (exact) mass is 397 g/mol. The molecule has 0 atom stereocenters. The van der Waals surface area contributed by atoms with Crippen molar-refractivity contribution in [3.05, 3.63) is 24.2 Å². The maximum atomic E-state index is 12.1. The van der Waals surface area contributed by atoms with E-state index in [4.69, 9.17) is 4.42 Å². The van der Waals surface area contributed by atoms with Crippen molar-refractivity contribution in [2.45, 2.75) is 26.7 Å². The molecule has 0 bridgehead atoms. The second-order valence-electron chi connectivity index (χ2n) is 4.81. The molecule has 0 unspecified atom stereocenters. The smallest absolute Gasteiger partial charge is 0.191 e. The van der Waals surface area contributed by atoms with Gasteiger partial charge in [0.05, 0.1) is 12.9 Å². The van der Waals surface area contributed by atoms with Crippen LogP contribution in [0, 0.1) is 5.92 Å². The average Bonchev–Trinajstić information content (AvgIpc) is 2.88. The molecule has 0 spiro atoms. The summed E-state index contributed by atoms with van der Waals surface area (Å²) in [6, 6.07) is 3.83. The van der Waals surface area contributed by atoms with Crippen LogP contribution in [0.25, 0.3) is 0 Å². The highest BCUT2D eigenvalue weighted by molar-refractivity contribution is 14.0. The van der Waals surface area contributed by atoms with Crippen LogP contribution < -0.4 is 10.6 Å². The molecule has 0 amide bonds. The van der Waals surface area contributed by atoms with Gasteiger partial charge in [0, 0.05) is 26.1 Å². The Labute approximate surface area is 137 Å². The Hall–Kier alpha value is -0.790. The van der Waals surface area contributed by atoms with Crippen molar-refractivity contribution in [2.75, 3.05) is 26.3 Å². The van der Waals surface area contributed by atoms with E-state index in [1.165, 1.54) is 0 Å². The lowest BCUT2D eigenvalue weighted by molar-refractivity contribution is 0.470. The highest BCUT2D eigenvalue weighted by Crippen LogP contribution is 1.99. The second-order valence-corrected chi connectivity index (χ2v) is 4.81. The van der Waals surface area contributed by atoms with E-state index in [1.54, 1.807) is 6.26 Å². The molecule has 1 aromatic heterocycles. The summed E-state index contributed by atoms with van der Waals surface area (Å²) in [5.41, 5.74) is 0. The topological polar surface area (TPSA) is 49.6 Å². The number of hydrogen-bond acceptors (Lipinski definition) is 2. The predicted molar refractivity (Wildman–Crippen MR) is 91.6 cm³/mol. The molecular formula is C14H25FIN3O. The SMILES string of the molecule is CC(C)CN=C(NCCCF)NCCc1ccco1.I. The van der Waals surface area contributed by atoms with E-state index in [0.29, 0.717) is 18.9 Å². The van der Waals surface area contributed by atoms with Crippen molar-refractivity contribution in [1.82, 2.24) is 10.6 Å². The average molecular weight is 397 g/mol. The molecule has 0 aliphatic carbocycles. The lowest BCUT2D eigenvalue weighted by Crippen LogP contribution is -2.39. The zero-order valence-electron chi connectivity index (χ0n) is 12.2. The summed E-state index contributed by atoms with van der Waals surface area (Å²) in [6.07, 6.45) is 2.97. The van der Waals surface area contributed by atoms with Crippen molar-refractivity contribution in [1.29, 1.82) is 0 Å². The van der Waals surface area contributed by atoms with E-state index in [2.05, 4.69) is 29.5 Å². The lowest BCUT2D eigenvalue weighted by Gasteiger charge is -2.12. The van der Waals surface area contributed by atoms with Gasteiger partial charge in [0.2, 0.25) is 0 Å². The minimum Gasteiger partial charge on any atom is -0.469 e. The quantitative estimate of drug-likeness (QED) is 0.307. The molecule has 4 nitrogen and oxygen atoms in total. The van der Waals surface area contributed by atoms with Gasteiger partial charge in [-0.1, -0.05) is 13.8 Å². The fraction of sp³-hybridized carbons (Fsp3) is 0.643. The van der Waals surface area contributed by atoms with Crippen LogP contribution in [0.1, 0.15) is 26.0 Å². The van der Waals surface area contributed by atoms with Crippen molar-refractivity contribution >= 4 is 29.9 Å². The fourth-order valence-corrected chi connectivity index (χ4v) is 1.48. The standard InChI is InChI=1S/C14H24FN3O.HI/c1-12(2)11-18-14(16-8-4-7-15)17-9-6-13-5-3-10-19-13;/h3,5,10,12H,4,6-9,11H2,1-2H3,(H2,16,17,18);1H. The van der Waals surface area contributed by atoms with Gasteiger partial charge >= 0.3 is 0 Å². The van der Waals surface area contributed by atoms with Gasteiger partial charge in [-0.3, -0.25) is 9.38 Å². The third-order valence-corrected chi connectivity index (χ3v) is 2.46. The number of rotatable bonds is 8. The molecule has 0 aliphatic heterocycles. The molecule has 0 fully saturated rings. The fourth-order valence-electron chi connectivity index (χ4n) is 1.48. The van der Waals surface area contributed by atoms with Crippen molar-refractivity contribution in [2.24, 2.45) is 10.9 Å². The van der Waals surface area contributed by atoms with Crippen LogP contribution in [0.4, 0.5) is 4.39 Å². The number of nitrogens with one attached hydrogen (secondary N) is 2. The van der Waals surface area contributed by atoms with Crippen molar-refractivity contribution in [3.8, 4) is 0 Å². The van der Waals surface area contributed by atoms with Crippen LogP contribution >= 0.6 is 24.0 Å². The van der Waals surface area contributed by atoms with E-state index >= 15 is 0 Å². The maximum Gasteiger partial charge on any atom is 0.191 e. The molecule has 0 saturated carbocycles. The maximum absolute atomic E-state index is 12.1. The Morgan fingerprint density at radius 1 is 1.35 bits per heavy atom. The van der Waals surface area contributed by atoms with E-state index in [-0.39, 0.29) is 30.7 Å². The lowest BCUT2D eigenvalue weighted by atomic mass is 10.2. The van der Waals surface area contributed by atoms with Crippen LogP contribution in [-0.4, -0.2) is 32.3 Å². The molecule has 2 N–H and O–H groups in total. The number of aliphatic imine (C=N–C) groups is 1. The first-order chi connectivity index (χ1) is 9.22. The molecule has 0 aromatic carbocycles. The highest BCUT2D eigenvalue weighted by atomic mass is 127. The van der Waals surface area contributed by atoms with E-state index in [1.807, 2.05) is 12.1 Å². The van der Waals surface area contributed by atoms with Gasteiger partial charge in [-0.15, -0.1) is 24.0 Å². The summed E-state index contributed by atoms with van der Waals surface area (Å²) in [6.45, 7) is 6.02. The molecule has 20 heavy (non-hydrogen) atoms. The molecular weight excluding hydrogens is 372 g/mol. The van der Waals surface area contributed by atoms with E-state index in [0.717, 1.165) is 31.2 Å². The van der Waals surface area contributed by atoms with Gasteiger partial charge in [0.15, 0.2) is 5.96 Å². The zero-order chi connectivity index (χ0) is 13.9. The number of guanidine groups is 1. The van der Waals surface area contributed by atoms with Gasteiger partial charge < -0.3 is 15.1 Å². The van der Waals surface area contributed by atoms with E-state index in [9.17, 15) is 4.39 Å². The number of alkyl halides is 1. The Morgan fingerprint density at radius 2 is 2.10 bits per heavy atom. The van der Waals surface area contributed by atoms with Crippen molar-refractivity contribution < 1.29 is 8.81 Å². The molecule has 0 radical (unpaired) electrons. The third kappa shape index (κ3) is 9.17. The molecule has 1 rings (SSSR count). The largest absolute Gasteiger partial charge is 0.469 e. The second kappa shape index (κ2) is 12.0. The van der Waals surface area contributed by atoms with Crippen LogP contribution in [0.2, 0.25) is 0 Å². The number of halogens is 2. The Morgan fingerprint density at radius 3 is 2.70 bits per heavy atom. The van der Waals surface area contributed by atoms with Gasteiger partial charge in [-0.25, -0.2) is 0 Å². The van der Waals surface area contributed by atoms with Gasteiger partial charge in [0.1, 0.15) is 5.76 Å². The van der Waals surface area contributed by atoms with E-state index < -0.39 is 0 Å². The number of nitrogens with zero attached hydrogens (tertiary/aromatic N) is 1. The van der Waals surface area contributed by atoms with Crippen LogP contribution in [0.15, 0.2) is 27.8 Å². The summed E-state index contributed by atoms with van der Waals surface area (Å²) in [4.78, 5) is 4.46. The Kier molecular flexibility index (Phi) is 11.5. The summed E-state index contributed by atoms with van der Waals surface area (Å²) in [5.74, 6) is 2.19. The predicted octanol–water partition coefficient (Wildman–Crippen LogP) is 2.99. The summed E-state index contributed by atoms with van der Waals surface area (Å²) >= 11 is 0. The zero-order valence-corrected chi connectivity index (χ0v) is 14.5. The normalized spacial score (nSPS) is 11.3. The first-order valence-electron chi connectivity index (χ1n) is 6.83.